The quantitative estimate of drug-likeness (QED) is 0.557. The largest absolute Gasteiger partial charge is 0.466 e. The number of carbonyl (C=O) groups excluding carboxylic acids is 3. The van der Waals surface area contributed by atoms with Crippen molar-refractivity contribution in [3.05, 3.63) is 60.2 Å². The Morgan fingerprint density at radius 3 is 2.43 bits per heavy atom. The highest BCUT2D eigenvalue weighted by Gasteiger charge is 2.29. The standard InChI is InChI=1S/C24H28N2O4/c1-2-30-22(27)14-15-25-24(29)26-16-6-9-21(17-26)23(28)20-12-10-19(11-13-20)18-7-4-3-5-8-18/h3-5,7-8,10-13,21H,2,6,9,14-17H2,1H3,(H,25,29)/t21-/m1/s1. The maximum Gasteiger partial charge on any atom is 0.317 e. The van der Waals surface area contributed by atoms with Crippen LogP contribution in [0.3, 0.4) is 0 Å². The average molecular weight is 408 g/mol. The van der Waals surface area contributed by atoms with Crippen LogP contribution >= 0.6 is 0 Å². The molecule has 1 fully saturated rings. The summed E-state index contributed by atoms with van der Waals surface area (Å²) in [5.41, 5.74) is 2.85. The van der Waals surface area contributed by atoms with Crippen molar-refractivity contribution in [1.82, 2.24) is 10.2 Å². The van der Waals surface area contributed by atoms with E-state index in [2.05, 4.69) is 5.32 Å². The number of esters is 1. The number of ketones is 1. The van der Waals surface area contributed by atoms with Crippen LogP contribution in [0.1, 0.15) is 36.5 Å². The first-order chi connectivity index (χ1) is 14.6. The van der Waals surface area contributed by atoms with Gasteiger partial charge >= 0.3 is 12.0 Å². The van der Waals surface area contributed by atoms with Crippen LogP contribution in [0, 0.1) is 5.92 Å². The Labute approximate surface area is 177 Å². The van der Waals surface area contributed by atoms with Gasteiger partial charge in [0.25, 0.3) is 0 Å². The van der Waals surface area contributed by atoms with Crippen LogP contribution in [0.5, 0.6) is 0 Å². The first-order valence-corrected chi connectivity index (χ1v) is 10.5. The smallest absolute Gasteiger partial charge is 0.317 e. The van der Waals surface area contributed by atoms with Crippen molar-refractivity contribution in [2.24, 2.45) is 5.92 Å². The maximum absolute atomic E-state index is 13.0. The zero-order valence-electron chi connectivity index (χ0n) is 17.3. The summed E-state index contributed by atoms with van der Waals surface area (Å²) in [6.45, 7) is 3.31. The molecule has 2 aromatic rings. The predicted molar refractivity (Wildman–Crippen MR) is 115 cm³/mol. The molecular weight excluding hydrogens is 380 g/mol. The predicted octanol–water partition coefficient (Wildman–Crippen LogP) is 3.91. The molecule has 6 nitrogen and oxygen atoms in total. The van der Waals surface area contributed by atoms with Crippen LogP contribution in [-0.4, -0.2) is 48.9 Å². The van der Waals surface area contributed by atoms with Gasteiger partial charge in [0, 0.05) is 31.1 Å². The van der Waals surface area contributed by atoms with Crippen molar-refractivity contribution < 1.29 is 19.1 Å². The zero-order chi connectivity index (χ0) is 21.3. The molecule has 0 spiro atoms. The fourth-order valence-electron chi connectivity index (χ4n) is 3.69. The lowest BCUT2D eigenvalue weighted by molar-refractivity contribution is -0.142. The summed E-state index contributed by atoms with van der Waals surface area (Å²) in [5, 5.41) is 2.74. The second kappa shape index (κ2) is 10.6. The number of likely N-dealkylation sites (tertiary alicyclic amines) is 1. The molecule has 0 radical (unpaired) electrons. The number of hydrogen-bond donors (Lipinski definition) is 1. The Bertz CT molecular complexity index is 865. The lowest BCUT2D eigenvalue weighted by Gasteiger charge is -2.32. The van der Waals surface area contributed by atoms with Crippen molar-refractivity contribution >= 4 is 17.8 Å². The molecule has 1 aliphatic heterocycles. The van der Waals surface area contributed by atoms with Crippen LogP contribution in [0.25, 0.3) is 11.1 Å². The lowest BCUT2D eigenvalue weighted by atomic mass is 9.89. The Kier molecular flexibility index (Phi) is 7.60. The normalized spacial score (nSPS) is 16.0. The van der Waals surface area contributed by atoms with Crippen LogP contribution in [-0.2, 0) is 9.53 Å². The molecule has 3 rings (SSSR count). The summed E-state index contributed by atoms with van der Waals surface area (Å²) in [5.74, 6) is -0.473. The molecule has 1 saturated heterocycles. The van der Waals surface area contributed by atoms with Gasteiger partial charge in [0.05, 0.1) is 13.0 Å². The summed E-state index contributed by atoms with van der Waals surface area (Å²) >= 11 is 0. The molecular formula is C24H28N2O4. The molecule has 0 saturated carbocycles. The molecule has 158 valence electrons. The van der Waals surface area contributed by atoms with Crippen molar-refractivity contribution in [2.75, 3.05) is 26.2 Å². The highest BCUT2D eigenvalue weighted by molar-refractivity contribution is 5.98. The first kappa shape index (κ1) is 21.6. The van der Waals surface area contributed by atoms with Crippen molar-refractivity contribution in [3.63, 3.8) is 0 Å². The van der Waals surface area contributed by atoms with Gasteiger partial charge in [-0.1, -0.05) is 54.6 Å². The summed E-state index contributed by atoms with van der Waals surface area (Å²) < 4.78 is 4.85. The van der Waals surface area contributed by atoms with E-state index < -0.39 is 0 Å². The van der Waals surface area contributed by atoms with E-state index in [1.807, 2.05) is 54.6 Å². The first-order valence-electron chi connectivity index (χ1n) is 10.5. The molecule has 0 bridgehead atoms. The maximum atomic E-state index is 13.0. The lowest BCUT2D eigenvalue weighted by Crippen LogP contribution is -2.47. The van der Waals surface area contributed by atoms with Crippen LogP contribution in [0.2, 0.25) is 0 Å². The van der Waals surface area contributed by atoms with Crippen LogP contribution in [0.4, 0.5) is 4.79 Å². The topological polar surface area (TPSA) is 75.7 Å². The molecule has 1 heterocycles. The number of carbonyl (C=O) groups is 3. The SMILES string of the molecule is CCOC(=O)CCNC(=O)N1CCC[C@@H](C(=O)c2ccc(-c3ccccc3)cc2)C1. The monoisotopic (exact) mass is 408 g/mol. The second-order valence-corrected chi connectivity index (χ2v) is 7.38. The van der Waals surface area contributed by atoms with E-state index in [1.165, 1.54) is 0 Å². The molecule has 0 aliphatic carbocycles. The van der Waals surface area contributed by atoms with Gasteiger partial charge in [-0.3, -0.25) is 9.59 Å². The number of urea groups is 1. The number of nitrogens with one attached hydrogen (secondary N) is 1. The number of Topliss-reactive ketones (excluding diaryl/α,β-unsaturated/α-hetero) is 1. The van der Waals surface area contributed by atoms with Gasteiger partial charge in [-0.15, -0.1) is 0 Å². The number of ether oxygens (including phenoxy) is 1. The molecule has 1 aliphatic rings. The summed E-state index contributed by atoms with van der Waals surface area (Å²) in [4.78, 5) is 38.4. The number of rotatable bonds is 7. The van der Waals surface area contributed by atoms with Gasteiger partial charge in [-0.05, 0) is 30.9 Å². The van der Waals surface area contributed by atoms with Crippen molar-refractivity contribution in [1.29, 1.82) is 0 Å². The van der Waals surface area contributed by atoms with Gasteiger partial charge in [-0.25, -0.2) is 4.79 Å². The van der Waals surface area contributed by atoms with Crippen LogP contribution in [0.15, 0.2) is 54.6 Å². The Morgan fingerprint density at radius 2 is 1.73 bits per heavy atom. The Balaban J connectivity index is 1.55. The number of piperidine rings is 1. The number of benzene rings is 2. The minimum Gasteiger partial charge on any atom is -0.466 e. The molecule has 1 atom stereocenters. The third-order valence-electron chi connectivity index (χ3n) is 5.27. The van der Waals surface area contributed by atoms with Crippen molar-refractivity contribution in [3.8, 4) is 11.1 Å². The molecule has 2 aromatic carbocycles. The van der Waals surface area contributed by atoms with Crippen LogP contribution < -0.4 is 5.32 Å². The highest BCUT2D eigenvalue weighted by Crippen LogP contribution is 2.24. The summed E-state index contributed by atoms with van der Waals surface area (Å²) in [6.07, 6.45) is 1.69. The molecule has 2 amide bonds. The van der Waals surface area contributed by atoms with E-state index in [1.54, 1.807) is 11.8 Å². The third-order valence-corrected chi connectivity index (χ3v) is 5.27. The third kappa shape index (κ3) is 5.69. The zero-order valence-corrected chi connectivity index (χ0v) is 17.3. The van der Waals surface area contributed by atoms with E-state index in [0.717, 1.165) is 24.0 Å². The Morgan fingerprint density at radius 1 is 1.03 bits per heavy atom. The average Bonchev–Trinajstić information content (AvgIpc) is 2.79. The van der Waals surface area contributed by atoms with E-state index in [-0.39, 0.29) is 36.7 Å². The van der Waals surface area contributed by atoms with E-state index in [0.29, 0.717) is 25.3 Å². The number of nitrogens with zero attached hydrogens (tertiary/aromatic N) is 1. The second-order valence-electron chi connectivity index (χ2n) is 7.38. The van der Waals surface area contributed by atoms with Gasteiger partial charge in [0.2, 0.25) is 0 Å². The molecule has 1 N–H and O–H groups in total. The van der Waals surface area contributed by atoms with E-state index in [9.17, 15) is 14.4 Å². The number of amides is 2. The molecule has 0 unspecified atom stereocenters. The van der Waals surface area contributed by atoms with Gasteiger partial charge in [0.15, 0.2) is 5.78 Å². The summed E-state index contributed by atoms with van der Waals surface area (Å²) in [7, 11) is 0. The van der Waals surface area contributed by atoms with Gasteiger partial charge < -0.3 is 15.0 Å². The Hall–Kier alpha value is -3.15. The summed E-state index contributed by atoms with van der Waals surface area (Å²) in [6, 6.07) is 17.4. The van der Waals surface area contributed by atoms with Crippen molar-refractivity contribution in [2.45, 2.75) is 26.2 Å². The molecule has 0 aromatic heterocycles. The van der Waals surface area contributed by atoms with Gasteiger partial charge in [0.1, 0.15) is 0 Å². The minimum atomic E-state index is -0.330. The fraction of sp³-hybridized carbons (Fsp3) is 0.375. The number of hydrogen-bond acceptors (Lipinski definition) is 4. The molecule has 6 heteroatoms. The fourth-order valence-corrected chi connectivity index (χ4v) is 3.69. The molecule has 30 heavy (non-hydrogen) atoms. The van der Waals surface area contributed by atoms with E-state index in [4.69, 9.17) is 4.74 Å². The van der Waals surface area contributed by atoms with E-state index >= 15 is 0 Å². The van der Waals surface area contributed by atoms with Gasteiger partial charge in [-0.2, -0.15) is 0 Å². The minimum absolute atomic E-state index is 0.0682. The highest BCUT2D eigenvalue weighted by atomic mass is 16.5.